The molecule has 2 aromatic carbocycles. The Balaban J connectivity index is 2.41. The quantitative estimate of drug-likeness (QED) is 0.589. The van der Waals surface area contributed by atoms with Gasteiger partial charge >= 0.3 is 0 Å². The molecule has 0 bridgehead atoms. The van der Waals surface area contributed by atoms with Crippen LogP contribution in [0.4, 0.5) is 0 Å². The van der Waals surface area contributed by atoms with Crippen LogP contribution in [0.2, 0.25) is 0 Å². The van der Waals surface area contributed by atoms with Crippen molar-refractivity contribution in [3.8, 4) is 11.5 Å². The van der Waals surface area contributed by atoms with E-state index >= 15 is 0 Å². The highest BCUT2D eigenvalue weighted by atomic mass is 16.6. The molecule has 0 spiro atoms. The fourth-order valence-electron chi connectivity index (χ4n) is 2.18. The van der Waals surface area contributed by atoms with Gasteiger partial charge in [0.15, 0.2) is 0 Å². The summed E-state index contributed by atoms with van der Waals surface area (Å²) in [5, 5.41) is 22.1. The Kier molecular flexibility index (Phi) is 4.90. The second kappa shape index (κ2) is 6.87. The molecule has 2 aromatic rings. The van der Waals surface area contributed by atoms with Gasteiger partial charge in [-0.15, -0.1) is 0 Å². The van der Waals surface area contributed by atoms with Crippen LogP contribution in [0.1, 0.15) is 37.1 Å². The molecule has 0 N–H and O–H groups in total. The number of rotatable bonds is 6. The molecule has 2 atom stereocenters. The Morgan fingerprint density at radius 2 is 1.13 bits per heavy atom. The first-order chi connectivity index (χ1) is 10.9. The van der Waals surface area contributed by atoms with Gasteiger partial charge in [-0.25, -0.2) is 0 Å². The number of benzene rings is 2. The van der Waals surface area contributed by atoms with E-state index in [4.69, 9.17) is 4.74 Å². The summed E-state index contributed by atoms with van der Waals surface area (Å²) in [6.45, 7) is 2.93. The van der Waals surface area contributed by atoms with Crippen molar-refractivity contribution in [2.75, 3.05) is 0 Å². The predicted octanol–water partition coefficient (Wildman–Crippen LogP) is 4.15. The molecule has 0 saturated carbocycles. The van der Waals surface area contributed by atoms with Gasteiger partial charge in [-0.2, -0.15) is 0 Å². The van der Waals surface area contributed by atoms with Crippen LogP contribution >= 0.6 is 0 Å². The molecule has 7 heteroatoms. The van der Waals surface area contributed by atoms with Crippen LogP contribution in [-0.2, 0) is 0 Å². The molecule has 7 nitrogen and oxygen atoms in total. The van der Waals surface area contributed by atoms with Crippen molar-refractivity contribution in [1.29, 1.82) is 0 Å². The van der Waals surface area contributed by atoms with E-state index in [1.807, 2.05) is 0 Å². The highest BCUT2D eigenvalue weighted by molar-refractivity contribution is 5.42. The first-order valence-electron chi connectivity index (χ1n) is 7.04. The smallest absolute Gasteiger partial charge is 0.238 e. The molecule has 0 fully saturated rings. The van der Waals surface area contributed by atoms with E-state index in [-0.39, 0.29) is 0 Å². The van der Waals surface area contributed by atoms with Crippen molar-refractivity contribution in [1.82, 2.24) is 0 Å². The second-order valence-electron chi connectivity index (χ2n) is 5.10. The first-order valence-corrected chi connectivity index (χ1v) is 7.04. The third-order valence-electron chi connectivity index (χ3n) is 3.59. The molecule has 0 aliphatic carbocycles. The van der Waals surface area contributed by atoms with Gasteiger partial charge in [-0.05, 0) is 24.3 Å². The standard InChI is InChI=1S/C16H16N2O5/c1-11(17(19)20)13-7-3-5-9-15(13)23-16-10-6-4-8-14(16)12(2)18(21)22/h3-12H,1-2H3. The normalized spacial score (nSPS) is 13.1. The molecule has 0 radical (unpaired) electrons. The lowest BCUT2D eigenvalue weighted by molar-refractivity contribution is -0.524. The minimum absolute atomic E-state index is 0.319. The molecule has 2 unspecified atom stereocenters. The number of hydrogen-bond acceptors (Lipinski definition) is 5. The summed E-state index contributed by atoms with van der Waals surface area (Å²) in [7, 11) is 0. The fraction of sp³-hybridized carbons (Fsp3) is 0.250. The van der Waals surface area contributed by atoms with Gasteiger partial charge < -0.3 is 4.74 Å². The summed E-state index contributed by atoms with van der Waals surface area (Å²) < 4.78 is 5.77. The number of para-hydroxylation sites is 2. The van der Waals surface area contributed by atoms with Crippen LogP contribution in [0.25, 0.3) is 0 Å². The second-order valence-corrected chi connectivity index (χ2v) is 5.10. The van der Waals surface area contributed by atoms with Crippen LogP contribution in [0.15, 0.2) is 48.5 Å². The Morgan fingerprint density at radius 1 is 0.783 bits per heavy atom. The largest absolute Gasteiger partial charge is 0.456 e. The van der Waals surface area contributed by atoms with Crippen molar-refractivity contribution < 1.29 is 14.6 Å². The highest BCUT2D eigenvalue weighted by Crippen LogP contribution is 2.34. The lowest BCUT2D eigenvalue weighted by atomic mass is 10.1. The molecule has 0 saturated heterocycles. The van der Waals surface area contributed by atoms with E-state index in [0.717, 1.165) is 0 Å². The Morgan fingerprint density at radius 3 is 1.48 bits per heavy atom. The average Bonchev–Trinajstić information content (AvgIpc) is 2.54. The zero-order chi connectivity index (χ0) is 17.0. The lowest BCUT2D eigenvalue weighted by Crippen LogP contribution is -2.09. The average molecular weight is 316 g/mol. The van der Waals surface area contributed by atoms with Crippen molar-refractivity contribution in [3.05, 3.63) is 79.9 Å². The Labute approximate surface area is 132 Å². The zero-order valence-electron chi connectivity index (χ0n) is 12.7. The maximum Gasteiger partial charge on any atom is 0.238 e. The minimum Gasteiger partial charge on any atom is -0.456 e. The zero-order valence-corrected chi connectivity index (χ0v) is 12.7. The lowest BCUT2D eigenvalue weighted by Gasteiger charge is -2.15. The molecule has 0 aliphatic heterocycles. The number of hydrogen-bond donors (Lipinski definition) is 0. The number of ether oxygens (including phenoxy) is 1. The van der Waals surface area contributed by atoms with Crippen molar-refractivity contribution in [2.24, 2.45) is 0 Å². The molecular formula is C16H16N2O5. The highest BCUT2D eigenvalue weighted by Gasteiger charge is 2.24. The van der Waals surface area contributed by atoms with Crippen LogP contribution in [-0.4, -0.2) is 9.85 Å². The molecule has 0 amide bonds. The van der Waals surface area contributed by atoms with Gasteiger partial charge in [-0.3, -0.25) is 20.2 Å². The van der Waals surface area contributed by atoms with E-state index in [1.165, 1.54) is 13.8 Å². The van der Waals surface area contributed by atoms with E-state index in [2.05, 4.69) is 0 Å². The summed E-state index contributed by atoms with van der Waals surface area (Å²) in [5.41, 5.74) is 0.835. The third kappa shape index (κ3) is 3.63. The molecule has 0 aliphatic rings. The topological polar surface area (TPSA) is 95.5 Å². The van der Waals surface area contributed by atoms with Crippen LogP contribution < -0.4 is 4.74 Å². The van der Waals surface area contributed by atoms with Gasteiger partial charge in [0, 0.05) is 23.7 Å². The number of nitro groups is 2. The summed E-state index contributed by atoms with van der Waals surface area (Å²) in [5.74, 6) is 0.638. The monoisotopic (exact) mass is 316 g/mol. The van der Waals surface area contributed by atoms with Crippen LogP contribution in [0.5, 0.6) is 11.5 Å². The van der Waals surface area contributed by atoms with Crippen LogP contribution in [0.3, 0.4) is 0 Å². The van der Waals surface area contributed by atoms with E-state index in [1.54, 1.807) is 48.5 Å². The molecule has 120 valence electrons. The maximum absolute atomic E-state index is 11.0. The van der Waals surface area contributed by atoms with Gasteiger partial charge in [0.05, 0.1) is 11.1 Å². The van der Waals surface area contributed by atoms with Gasteiger partial charge in [0.25, 0.3) is 0 Å². The van der Waals surface area contributed by atoms with Crippen molar-refractivity contribution in [2.45, 2.75) is 25.9 Å². The first kappa shape index (κ1) is 16.4. The minimum atomic E-state index is -0.939. The summed E-state index contributed by atoms with van der Waals surface area (Å²) in [6.07, 6.45) is 0. The van der Waals surface area contributed by atoms with E-state index in [9.17, 15) is 20.2 Å². The van der Waals surface area contributed by atoms with Gasteiger partial charge in [0.1, 0.15) is 11.5 Å². The van der Waals surface area contributed by atoms with E-state index in [0.29, 0.717) is 22.6 Å². The summed E-state index contributed by atoms with van der Waals surface area (Å²) >= 11 is 0. The third-order valence-corrected chi connectivity index (χ3v) is 3.59. The molecule has 23 heavy (non-hydrogen) atoms. The predicted molar refractivity (Wildman–Crippen MR) is 83.8 cm³/mol. The Hall–Kier alpha value is -2.96. The van der Waals surface area contributed by atoms with Gasteiger partial charge in [0.2, 0.25) is 12.1 Å². The molecule has 0 heterocycles. The maximum atomic E-state index is 11.0. The molecule has 2 rings (SSSR count). The van der Waals surface area contributed by atoms with Gasteiger partial charge in [-0.1, -0.05) is 24.3 Å². The summed E-state index contributed by atoms with van der Waals surface area (Å²) in [4.78, 5) is 21.2. The summed E-state index contributed by atoms with van der Waals surface area (Å²) in [6, 6.07) is 11.4. The van der Waals surface area contributed by atoms with Crippen molar-refractivity contribution in [3.63, 3.8) is 0 Å². The Bertz CT molecular complexity index is 670. The SMILES string of the molecule is CC(c1ccccc1Oc1ccccc1C(C)[N+](=O)[O-])[N+](=O)[O-]. The van der Waals surface area contributed by atoms with Crippen molar-refractivity contribution >= 4 is 0 Å². The van der Waals surface area contributed by atoms with Crippen LogP contribution in [0, 0.1) is 20.2 Å². The number of nitrogens with zero attached hydrogens (tertiary/aromatic N) is 2. The molecule has 0 aromatic heterocycles. The van der Waals surface area contributed by atoms with E-state index < -0.39 is 21.9 Å². The molecular weight excluding hydrogens is 300 g/mol. The fourth-order valence-corrected chi connectivity index (χ4v) is 2.18.